The van der Waals surface area contributed by atoms with Crippen LogP contribution in [0.5, 0.6) is 0 Å². The van der Waals surface area contributed by atoms with E-state index in [4.69, 9.17) is 9.97 Å². The number of benzene rings is 1. The number of nitrogens with zero attached hydrogens (tertiary/aromatic N) is 5. The Labute approximate surface area is 183 Å². The number of likely N-dealkylation sites (N-methyl/N-ethyl adjacent to an activating group) is 1. The standard InChI is InChI=1S/C24H30N6O/c1-29(13-14-31)23-20-7-8-24(9-11-30(12-10-24)16-19-15-25-17-26-19)21(20)27-22(28-23)18-5-3-2-4-6-18/h2-6,15,17,31H,7-14,16H2,1H3,(H,25,26). The third-order valence-electron chi connectivity index (χ3n) is 6.93. The molecule has 0 bridgehead atoms. The number of anilines is 1. The number of imidazole rings is 1. The second kappa shape index (κ2) is 8.40. The lowest BCUT2D eigenvalue weighted by molar-refractivity contribution is 0.149. The summed E-state index contributed by atoms with van der Waals surface area (Å²) in [6.07, 6.45) is 8.03. The van der Waals surface area contributed by atoms with Crippen LogP contribution >= 0.6 is 0 Å². The maximum atomic E-state index is 9.51. The fraction of sp³-hybridized carbons (Fsp3) is 0.458. The quantitative estimate of drug-likeness (QED) is 0.641. The third-order valence-corrected chi connectivity index (χ3v) is 6.93. The molecular weight excluding hydrogens is 388 g/mol. The molecular formula is C24H30N6O. The Hall–Kier alpha value is -2.77. The molecule has 2 aliphatic rings. The van der Waals surface area contributed by atoms with Gasteiger partial charge in [-0.1, -0.05) is 30.3 Å². The minimum atomic E-state index is 0.115. The molecule has 0 radical (unpaired) electrons. The normalized spacial score (nSPS) is 17.7. The summed E-state index contributed by atoms with van der Waals surface area (Å²) in [5.74, 6) is 1.77. The van der Waals surface area contributed by atoms with E-state index in [2.05, 4.69) is 31.9 Å². The summed E-state index contributed by atoms with van der Waals surface area (Å²) in [6.45, 7) is 3.73. The predicted octanol–water partition coefficient (Wildman–Crippen LogP) is 2.78. The second-order valence-corrected chi connectivity index (χ2v) is 8.84. The monoisotopic (exact) mass is 418 g/mol. The van der Waals surface area contributed by atoms with E-state index in [0.717, 1.165) is 62.5 Å². The van der Waals surface area contributed by atoms with Crippen molar-refractivity contribution in [3.63, 3.8) is 0 Å². The zero-order valence-electron chi connectivity index (χ0n) is 18.1. The molecule has 1 saturated heterocycles. The van der Waals surface area contributed by atoms with Crippen molar-refractivity contribution in [1.82, 2.24) is 24.8 Å². The predicted molar refractivity (Wildman–Crippen MR) is 121 cm³/mol. The van der Waals surface area contributed by atoms with Gasteiger partial charge in [-0.25, -0.2) is 15.0 Å². The summed E-state index contributed by atoms with van der Waals surface area (Å²) in [5, 5.41) is 9.51. The Bertz CT molecular complexity index is 1010. The topological polar surface area (TPSA) is 81.2 Å². The number of hydrogen-bond acceptors (Lipinski definition) is 6. The molecule has 1 aliphatic heterocycles. The van der Waals surface area contributed by atoms with Crippen molar-refractivity contribution < 1.29 is 5.11 Å². The van der Waals surface area contributed by atoms with E-state index < -0.39 is 0 Å². The Balaban J connectivity index is 1.47. The van der Waals surface area contributed by atoms with Crippen molar-refractivity contribution in [2.24, 2.45) is 0 Å². The van der Waals surface area contributed by atoms with Gasteiger partial charge in [0.05, 0.1) is 18.6 Å². The largest absolute Gasteiger partial charge is 0.395 e. The fourth-order valence-electron chi connectivity index (χ4n) is 5.15. The van der Waals surface area contributed by atoms with Gasteiger partial charge < -0.3 is 15.0 Å². The molecule has 1 aliphatic carbocycles. The molecule has 1 aromatic carbocycles. The van der Waals surface area contributed by atoms with Crippen LogP contribution in [0, 0.1) is 0 Å². The van der Waals surface area contributed by atoms with E-state index >= 15 is 0 Å². The van der Waals surface area contributed by atoms with Gasteiger partial charge in [-0.05, 0) is 38.8 Å². The van der Waals surface area contributed by atoms with Crippen molar-refractivity contribution in [2.75, 3.05) is 38.2 Å². The number of aromatic nitrogens is 4. The molecule has 3 heterocycles. The van der Waals surface area contributed by atoms with E-state index in [0.29, 0.717) is 6.54 Å². The smallest absolute Gasteiger partial charge is 0.161 e. The Morgan fingerprint density at radius 3 is 2.65 bits per heavy atom. The first-order valence-electron chi connectivity index (χ1n) is 11.2. The maximum absolute atomic E-state index is 9.51. The van der Waals surface area contributed by atoms with Crippen LogP contribution in [0.15, 0.2) is 42.9 Å². The highest BCUT2D eigenvalue weighted by molar-refractivity contribution is 5.62. The van der Waals surface area contributed by atoms with E-state index in [1.54, 1.807) is 6.33 Å². The molecule has 1 fully saturated rings. The molecule has 7 nitrogen and oxygen atoms in total. The lowest BCUT2D eigenvalue weighted by atomic mass is 9.76. The average molecular weight is 419 g/mol. The van der Waals surface area contributed by atoms with E-state index in [9.17, 15) is 5.11 Å². The number of fused-ring (bicyclic) bond motifs is 2. The van der Waals surface area contributed by atoms with Crippen LogP contribution in [0.3, 0.4) is 0 Å². The van der Waals surface area contributed by atoms with Crippen molar-refractivity contribution in [1.29, 1.82) is 0 Å². The van der Waals surface area contributed by atoms with Crippen molar-refractivity contribution in [2.45, 2.75) is 37.6 Å². The number of likely N-dealkylation sites (tertiary alicyclic amines) is 1. The van der Waals surface area contributed by atoms with E-state index in [1.165, 1.54) is 17.0 Å². The molecule has 5 rings (SSSR count). The first-order chi connectivity index (χ1) is 15.2. The molecule has 3 aromatic rings. The van der Waals surface area contributed by atoms with Gasteiger partial charge >= 0.3 is 0 Å². The Morgan fingerprint density at radius 1 is 1.13 bits per heavy atom. The number of rotatable bonds is 6. The summed E-state index contributed by atoms with van der Waals surface area (Å²) < 4.78 is 0. The van der Waals surface area contributed by atoms with Gasteiger partial charge in [0.15, 0.2) is 5.82 Å². The van der Waals surface area contributed by atoms with Crippen molar-refractivity contribution >= 4 is 5.82 Å². The third kappa shape index (κ3) is 3.83. The zero-order valence-corrected chi connectivity index (χ0v) is 18.1. The fourth-order valence-corrected chi connectivity index (χ4v) is 5.15. The average Bonchev–Trinajstić information content (AvgIpc) is 3.44. The minimum Gasteiger partial charge on any atom is -0.395 e. The van der Waals surface area contributed by atoms with Gasteiger partial charge in [0.25, 0.3) is 0 Å². The van der Waals surface area contributed by atoms with Crippen LogP contribution in [0.25, 0.3) is 11.4 Å². The van der Waals surface area contributed by atoms with Crippen molar-refractivity contribution in [3.05, 3.63) is 59.8 Å². The number of H-pyrrole nitrogens is 1. The molecule has 2 aromatic heterocycles. The van der Waals surface area contributed by atoms with Crippen LogP contribution in [0.2, 0.25) is 0 Å². The Morgan fingerprint density at radius 2 is 1.94 bits per heavy atom. The van der Waals surface area contributed by atoms with Gasteiger partial charge in [0, 0.05) is 48.6 Å². The molecule has 2 N–H and O–H groups in total. The van der Waals surface area contributed by atoms with E-state index in [1.807, 2.05) is 31.4 Å². The number of nitrogens with one attached hydrogen (secondary N) is 1. The van der Waals surface area contributed by atoms with Crippen molar-refractivity contribution in [3.8, 4) is 11.4 Å². The molecule has 0 atom stereocenters. The van der Waals surface area contributed by atoms with Crippen LogP contribution in [0.1, 0.15) is 36.2 Å². The highest BCUT2D eigenvalue weighted by Crippen LogP contribution is 2.48. The van der Waals surface area contributed by atoms with Crippen LogP contribution in [0.4, 0.5) is 5.82 Å². The van der Waals surface area contributed by atoms with Crippen LogP contribution in [-0.4, -0.2) is 63.2 Å². The summed E-state index contributed by atoms with van der Waals surface area (Å²) >= 11 is 0. The number of aliphatic hydroxyl groups excluding tert-OH is 1. The van der Waals surface area contributed by atoms with Gasteiger partial charge in [-0.2, -0.15) is 0 Å². The zero-order chi connectivity index (χ0) is 21.3. The minimum absolute atomic E-state index is 0.115. The molecule has 0 amide bonds. The number of piperidine rings is 1. The lowest BCUT2D eigenvalue weighted by Gasteiger charge is -2.39. The lowest BCUT2D eigenvalue weighted by Crippen LogP contribution is -2.41. The SMILES string of the molecule is CN(CCO)c1nc(-c2ccccc2)nc2c1CCC21CCN(Cc2cnc[nH]2)CC1. The Kier molecular flexibility index (Phi) is 5.46. The van der Waals surface area contributed by atoms with Crippen LogP contribution < -0.4 is 4.90 Å². The summed E-state index contributed by atoms with van der Waals surface area (Å²) in [5.41, 5.74) is 4.85. The number of hydrogen-bond donors (Lipinski definition) is 2. The highest BCUT2D eigenvalue weighted by atomic mass is 16.3. The van der Waals surface area contributed by atoms with Gasteiger partial charge in [0.2, 0.25) is 0 Å². The first kappa shape index (κ1) is 20.2. The summed E-state index contributed by atoms with van der Waals surface area (Å²) in [4.78, 5) is 22.1. The molecule has 0 unspecified atom stereocenters. The maximum Gasteiger partial charge on any atom is 0.161 e. The molecule has 0 saturated carbocycles. The number of aliphatic hydroxyl groups is 1. The number of aromatic amines is 1. The highest BCUT2D eigenvalue weighted by Gasteiger charge is 2.44. The van der Waals surface area contributed by atoms with Gasteiger partial charge in [-0.3, -0.25) is 4.90 Å². The van der Waals surface area contributed by atoms with Crippen LogP contribution in [-0.2, 0) is 18.4 Å². The van der Waals surface area contributed by atoms with Gasteiger partial charge in [0.1, 0.15) is 5.82 Å². The second-order valence-electron chi connectivity index (χ2n) is 8.84. The van der Waals surface area contributed by atoms with Gasteiger partial charge in [-0.15, -0.1) is 0 Å². The molecule has 162 valence electrons. The summed E-state index contributed by atoms with van der Waals surface area (Å²) in [6, 6.07) is 10.2. The summed E-state index contributed by atoms with van der Waals surface area (Å²) in [7, 11) is 2.02. The molecule has 1 spiro atoms. The van der Waals surface area contributed by atoms with E-state index in [-0.39, 0.29) is 12.0 Å². The first-order valence-corrected chi connectivity index (χ1v) is 11.2. The molecule has 31 heavy (non-hydrogen) atoms. The molecule has 7 heteroatoms.